The predicted octanol–water partition coefficient (Wildman–Crippen LogP) is 3.49. The van der Waals surface area contributed by atoms with Crippen molar-refractivity contribution >= 4 is 5.69 Å². The molecule has 1 aromatic heterocycles. The maximum Gasteiger partial charge on any atom is 0.418 e. The number of benzene rings is 1. The van der Waals surface area contributed by atoms with Gasteiger partial charge in [-0.3, -0.25) is 0 Å². The van der Waals surface area contributed by atoms with Gasteiger partial charge in [0.05, 0.1) is 35.6 Å². The molecule has 2 rings (SSSR count). The molecule has 1 N–H and O–H groups in total. The SMILES string of the molecule is CCc1nn(C)c(OC)c1CNc1ccc(C#N)cc1C(F)(F)F. The Bertz CT molecular complexity index is 775. The molecular formula is C16H17F3N4O. The molecule has 1 heterocycles. The summed E-state index contributed by atoms with van der Waals surface area (Å²) in [6.07, 6.45) is -3.92. The van der Waals surface area contributed by atoms with E-state index < -0.39 is 11.7 Å². The maximum atomic E-state index is 13.2. The average molecular weight is 338 g/mol. The number of nitrogens with zero attached hydrogens (tertiary/aromatic N) is 3. The van der Waals surface area contributed by atoms with Crippen LogP contribution in [0.25, 0.3) is 0 Å². The molecule has 0 unspecified atom stereocenters. The zero-order valence-corrected chi connectivity index (χ0v) is 13.5. The van der Waals surface area contributed by atoms with Crippen molar-refractivity contribution < 1.29 is 17.9 Å². The molecule has 0 radical (unpaired) electrons. The smallest absolute Gasteiger partial charge is 0.418 e. The standard InChI is InChI=1S/C16H17F3N4O/c1-4-13-11(15(24-3)23(2)22-13)9-21-14-6-5-10(8-20)7-12(14)16(17,18)19/h5-7,21H,4,9H2,1-3H3. The van der Waals surface area contributed by atoms with E-state index in [1.807, 2.05) is 6.92 Å². The number of hydrogen-bond acceptors (Lipinski definition) is 4. The lowest BCUT2D eigenvalue weighted by atomic mass is 10.1. The van der Waals surface area contributed by atoms with E-state index in [1.54, 1.807) is 17.8 Å². The summed E-state index contributed by atoms with van der Waals surface area (Å²) < 4.78 is 46.4. The van der Waals surface area contributed by atoms with E-state index in [4.69, 9.17) is 10.00 Å². The Balaban J connectivity index is 2.35. The first-order valence-electron chi connectivity index (χ1n) is 7.25. The Morgan fingerprint density at radius 2 is 2.08 bits per heavy atom. The third kappa shape index (κ3) is 3.45. The van der Waals surface area contributed by atoms with Crippen molar-refractivity contribution in [3.05, 3.63) is 40.6 Å². The molecule has 128 valence electrons. The van der Waals surface area contributed by atoms with Crippen LogP contribution in [0.4, 0.5) is 18.9 Å². The van der Waals surface area contributed by atoms with Crippen LogP contribution >= 0.6 is 0 Å². The van der Waals surface area contributed by atoms with Gasteiger partial charge in [0.25, 0.3) is 0 Å². The number of alkyl halides is 3. The molecule has 0 spiro atoms. The summed E-state index contributed by atoms with van der Waals surface area (Å²) in [6, 6.07) is 5.16. The highest BCUT2D eigenvalue weighted by molar-refractivity contribution is 5.56. The minimum atomic E-state index is -4.55. The van der Waals surface area contributed by atoms with Crippen LogP contribution in [-0.2, 0) is 26.2 Å². The van der Waals surface area contributed by atoms with Gasteiger partial charge in [0, 0.05) is 19.3 Å². The van der Waals surface area contributed by atoms with Crippen molar-refractivity contribution in [2.75, 3.05) is 12.4 Å². The zero-order chi connectivity index (χ0) is 17.9. The number of hydrogen-bond donors (Lipinski definition) is 1. The number of aryl methyl sites for hydroxylation is 2. The highest BCUT2D eigenvalue weighted by atomic mass is 19.4. The van der Waals surface area contributed by atoms with Crippen LogP contribution in [0.1, 0.15) is 29.3 Å². The number of aromatic nitrogens is 2. The minimum Gasteiger partial charge on any atom is -0.481 e. The molecule has 24 heavy (non-hydrogen) atoms. The number of nitrogens with one attached hydrogen (secondary N) is 1. The monoisotopic (exact) mass is 338 g/mol. The van der Waals surface area contributed by atoms with Crippen molar-refractivity contribution in [2.24, 2.45) is 7.05 Å². The van der Waals surface area contributed by atoms with Gasteiger partial charge in [0.2, 0.25) is 5.88 Å². The Morgan fingerprint density at radius 1 is 1.38 bits per heavy atom. The average Bonchev–Trinajstić information content (AvgIpc) is 2.86. The van der Waals surface area contributed by atoms with Crippen molar-refractivity contribution in [3.8, 4) is 11.9 Å². The fraction of sp³-hybridized carbons (Fsp3) is 0.375. The molecule has 0 aliphatic carbocycles. The van der Waals surface area contributed by atoms with Gasteiger partial charge < -0.3 is 10.1 Å². The van der Waals surface area contributed by atoms with E-state index in [1.165, 1.54) is 19.2 Å². The Hall–Kier alpha value is -2.69. The van der Waals surface area contributed by atoms with Gasteiger partial charge in [-0.2, -0.15) is 23.5 Å². The molecule has 0 amide bonds. The van der Waals surface area contributed by atoms with Crippen LogP contribution in [0.5, 0.6) is 5.88 Å². The highest BCUT2D eigenvalue weighted by Crippen LogP contribution is 2.36. The van der Waals surface area contributed by atoms with Gasteiger partial charge in [-0.25, -0.2) is 4.68 Å². The van der Waals surface area contributed by atoms with Crippen LogP contribution in [-0.4, -0.2) is 16.9 Å². The molecule has 8 heteroatoms. The highest BCUT2D eigenvalue weighted by Gasteiger charge is 2.34. The third-order valence-electron chi connectivity index (χ3n) is 3.61. The second-order valence-corrected chi connectivity index (χ2v) is 5.14. The summed E-state index contributed by atoms with van der Waals surface area (Å²) in [5.41, 5.74) is 0.460. The first kappa shape index (κ1) is 17.7. The lowest BCUT2D eigenvalue weighted by Gasteiger charge is -2.15. The molecule has 0 bridgehead atoms. The fourth-order valence-corrected chi connectivity index (χ4v) is 2.51. The lowest BCUT2D eigenvalue weighted by Crippen LogP contribution is -2.12. The van der Waals surface area contributed by atoms with Gasteiger partial charge in [-0.1, -0.05) is 6.92 Å². The summed E-state index contributed by atoms with van der Waals surface area (Å²) in [7, 11) is 3.20. The van der Waals surface area contributed by atoms with Crippen LogP contribution in [0.2, 0.25) is 0 Å². The number of anilines is 1. The molecule has 1 aromatic carbocycles. The molecule has 0 fully saturated rings. The minimum absolute atomic E-state index is 0.0407. The van der Waals surface area contributed by atoms with E-state index in [0.29, 0.717) is 17.9 Å². The second kappa shape index (κ2) is 6.83. The van der Waals surface area contributed by atoms with Crippen LogP contribution in [0, 0.1) is 11.3 Å². The molecular weight excluding hydrogens is 321 g/mol. The largest absolute Gasteiger partial charge is 0.481 e. The van der Waals surface area contributed by atoms with Crippen LogP contribution in [0.3, 0.4) is 0 Å². The number of nitriles is 1. The van der Waals surface area contributed by atoms with Crippen molar-refractivity contribution in [1.82, 2.24) is 9.78 Å². The molecule has 0 atom stereocenters. The second-order valence-electron chi connectivity index (χ2n) is 5.14. The number of methoxy groups -OCH3 is 1. The summed E-state index contributed by atoms with van der Waals surface area (Å²) in [5.74, 6) is 0.501. The van der Waals surface area contributed by atoms with Gasteiger partial charge in [-0.05, 0) is 24.6 Å². The quantitative estimate of drug-likeness (QED) is 0.906. The topological polar surface area (TPSA) is 62.9 Å². The van der Waals surface area contributed by atoms with Gasteiger partial charge in [-0.15, -0.1) is 0 Å². The zero-order valence-electron chi connectivity index (χ0n) is 13.5. The third-order valence-corrected chi connectivity index (χ3v) is 3.61. The Morgan fingerprint density at radius 3 is 2.62 bits per heavy atom. The van der Waals surface area contributed by atoms with E-state index in [0.717, 1.165) is 11.8 Å². The lowest BCUT2D eigenvalue weighted by molar-refractivity contribution is -0.137. The first-order valence-corrected chi connectivity index (χ1v) is 7.25. The molecule has 2 aromatic rings. The van der Waals surface area contributed by atoms with Crippen LogP contribution in [0.15, 0.2) is 18.2 Å². The maximum absolute atomic E-state index is 13.2. The number of halogens is 3. The Labute approximate surface area is 137 Å². The molecule has 0 aliphatic heterocycles. The molecule has 5 nitrogen and oxygen atoms in total. The number of ether oxygens (including phenoxy) is 1. The molecule has 0 aliphatic rings. The summed E-state index contributed by atoms with van der Waals surface area (Å²) in [4.78, 5) is 0. The van der Waals surface area contributed by atoms with E-state index in [2.05, 4.69) is 10.4 Å². The number of rotatable bonds is 5. The van der Waals surface area contributed by atoms with Crippen molar-refractivity contribution in [3.63, 3.8) is 0 Å². The van der Waals surface area contributed by atoms with Crippen LogP contribution < -0.4 is 10.1 Å². The molecule has 0 saturated carbocycles. The van der Waals surface area contributed by atoms with Crippen molar-refractivity contribution in [1.29, 1.82) is 5.26 Å². The summed E-state index contributed by atoms with van der Waals surface area (Å²) >= 11 is 0. The van der Waals surface area contributed by atoms with Gasteiger partial charge in [0.1, 0.15) is 0 Å². The summed E-state index contributed by atoms with van der Waals surface area (Å²) in [6.45, 7) is 2.04. The fourth-order valence-electron chi connectivity index (χ4n) is 2.51. The first-order chi connectivity index (χ1) is 11.3. The molecule has 0 saturated heterocycles. The van der Waals surface area contributed by atoms with Crippen molar-refractivity contribution in [2.45, 2.75) is 26.1 Å². The van der Waals surface area contributed by atoms with E-state index >= 15 is 0 Å². The normalized spacial score (nSPS) is 11.2. The van der Waals surface area contributed by atoms with E-state index in [-0.39, 0.29) is 17.8 Å². The van der Waals surface area contributed by atoms with Gasteiger partial charge >= 0.3 is 6.18 Å². The summed E-state index contributed by atoms with van der Waals surface area (Å²) in [5, 5.41) is 15.9. The van der Waals surface area contributed by atoms with E-state index in [9.17, 15) is 13.2 Å². The Kier molecular flexibility index (Phi) is 5.02. The van der Waals surface area contributed by atoms with Gasteiger partial charge in [0.15, 0.2) is 0 Å². The predicted molar refractivity (Wildman–Crippen MR) is 82.6 cm³/mol.